The second kappa shape index (κ2) is 23.5. The molecule has 108 valence electrons. The molecule has 3 nitrogen and oxygen atoms in total. The van der Waals surface area contributed by atoms with Gasteiger partial charge < -0.3 is 22.8 Å². The SMILES string of the molecule is C[N-]C.C[N-]C.C[N-]SCC1CCCC1Cl.[CH3-].[Hf+4]. The quantitative estimate of drug-likeness (QED) is 0.260. The van der Waals surface area contributed by atoms with E-state index in [0.29, 0.717) is 5.38 Å². The second-order valence-electron chi connectivity index (χ2n) is 3.58. The normalized spacial score (nSPS) is 20.3. The molecular weight excluding hydrogens is 432 g/mol. The van der Waals surface area contributed by atoms with E-state index in [0.717, 1.165) is 11.7 Å². The zero-order chi connectivity index (χ0) is 12.8. The molecule has 0 heterocycles. The van der Waals surface area contributed by atoms with Crippen LogP contribution in [0.1, 0.15) is 19.3 Å². The van der Waals surface area contributed by atoms with Crippen LogP contribution in [0.2, 0.25) is 0 Å². The van der Waals surface area contributed by atoms with Crippen molar-refractivity contribution in [3.63, 3.8) is 0 Å². The molecule has 1 fully saturated rings. The van der Waals surface area contributed by atoms with Crippen molar-refractivity contribution in [3.05, 3.63) is 22.8 Å². The number of halogens is 1. The molecular formula is C12H28ClHfN3S. The van der Waals surface area contributed by atoms with E-state index in [2.05, 4.69) is 15.4 Å². The maximum atomic E-state index is 6.06. The Morgan fingerprint density at radius 1 is 1.06 bits per heavy atom. The predicted octanol–water partition coefficient (Wildman–Crippen LogP) is 4.73. The minimum absolute atomic E-state index is 0. The largest absolute Gasteiger partial charge is 4.00 e. The van der Waals surface area contributed by atoms with Crippen LogP contribution in [0.15, 0.2) is 0 Å². The Kier molecular flexibility index (Phi) is 36.1. The van der Waals surface area contributed by atoms with E-state index in [-0.39, 0.29) is 33.3 Å². The summed E-state index contributed by atoms with van der Waals surface area (Å²) in [5.74, 6) is 1.83. The van der Waals surface area contributed by atoms with Crippen molar-refractivity contribution in [1.82, 2.24) is 0 Å². The first-order valence-electron chi connectivity index (χ1n) is 5.48. The van der Waals surface area contributed by atoms with Crippen LogP contribution < -0.4 is 0 Å². The van der Waals surface area contributed by atoms with Crippen LogP contribution in [0, 0.1) is 13.3 Å². The zero-order valence-electron chi connectivity index (χ0n) is 12.6. The monoisotopic (exact) mass is 461 g/mol. The van der Waals surface area contributed by atoms with Gasteiger partial charge in [-0.05, 0) is 24.5 Å². The number of rotatable bonds is 3. The number of hydrogen-bond donors (Lipinski definition) is 0. The molecule has 0 bridgehead atoms. The Balaban J connectivity index is -0.000000106. The number of hydrogen-bond acceptors (Lipinski definition) is 1. The summed E-state index contributed by atoms with van der Waals surface area (Å²) in [6.45, 7) is 0. The molecule has 2 unspecified atom stereocenters. The average molecular weight is 460 g/mol. The van der Waals surface area contributed by atoms with E-state index >= 15 is 0 Å². The zero-order valence-corrected chi connectivity index (χ0v) is 17.8. The van der Waals surface area contributed by atoms with Gasteiger partial charge in [-0.15, -0.1) is 11.6 Å². The number of alkyl halides is 1. The predicted molar refractivity (Wildman–Crippen MR) is 85.6 cm³/mol. The molecule has 0 aromatic rings. The van der Waals surface area contributed by atoms with Gasteiger partial charge in [0.05, 0.1) is 0 Å². The smallest absolute Gasteiger partial charge is 0.668 e. The van der Waals surface area contributed by atoms with Crippen molar-refractivity contribution in [3.8, 4) is 0 Å². The molecule has 0 spiro atoms. The molecule has 2 atom stereocenters. The summed E-state index contributed by atoms with van der Waals surface area (Å²) in [6, 6.07) is 0. The van der Waals surface area contributed by atoms with Crippen molar-refractivity contribution in [2.24, 2.45) is 5.92 Å². The second-order valence-corrected chi connectivity index (χ2v) is 5.10. The van der Waals surface area contributed by atoms with Gasteiger partial charge >= 0.3 is 25.8 Å². The fraction of sp³-hybridized carbons (Fsp3) is 0.917. The summed E-state index contributed by atoms with van der Waals surface area (Å²) >= 11 is 7.71. The average Bonchev–Trinajstić information content (AvgIpc) is 2.63. The van der Waals surface area contributed by atoms with Crippen LogP contribution in [0.25, 0.3) is 15.4 Å². The Bertz CT molecular complexity index is 132. The van der Waals surface area contributed by atoms with Gasteiger partial charge in [-0.2, -0.15) is 35.2 Å². The molecule has 1 saturated carbocycles. The maximum absolute atomic E-state index is 6.06. The summed E-state index contributed by atoms with van der Waals surface area (Å²) in [6.07, 6.45) is 3.82. The third kappa shape index (κ3) is 19.7. The molecule has 1 aliphatic rings. The molecule has 0 amide bonds. The Morgan fingerprint density at radius 3 is 1.78 bits per heavy atom. The molecule has 0 N–H and O–H groups in total. The molecule has 0 saturated heterocycles. The summed E-state index contributed by atoms with van der Waals surface area (Å²) in [4.78, 5) is 0. The Hall–Kier alpha value is 1.39. The first kappa shape index (κ1) is 27.7. The van der Waals surface area contributed by atoms with Crippen LogP contribution in [0.3, 0.4) is 0 Å². The summed E-state index contributed by atoms with van der Waals surface area (Å²) in [5, 5.41) is 7.43. The van der Waals surface area contributed by atoms with Crippen LogP contribution >= 0.6 is 23.5 Å². The van der Waals surface area contributed by atoms with Gasteiger partial charge in [0.25, 0.3) is 0 Å². The molecule has 6 heteroatoms. The Labute approximate surface area is 143 Å². The number of nitrogens with zero attached hydrogens (tertiary/aromatic N) is 3. The standard InChI is InChI=1S/C7H13ClNS.2C2H6N.CH3.Hf/c1-9-10-5-6-3-2-4-7(6)8;2*1-3-2;;/h6-7H,2-5H2,1H3;2*1-2H3;1H3;/q4*-1;+4. The van der Waals surface area contributed by atoms with E-state index in [1.165, 1.54) is 19.3 Å². The van der Waals surface area contributed by atoms with Crippen molar-refractivity contribution in [2.75, 3.05) is 41.0 Å². The van der Waals surface area contributed by atoms with Crippen molar-refractivity contribution in [2.45, 2.75) is 24.6 Å². The van der Waals surface area contributed by atoms with Crippen LogP contribution in [-0.4, -0.2) is 46.4 Å². The van der Waals surface area contributed by atoms with Crippen LogP contribution in [-0.2, 0) is 25.8 Å². The van der Waals surface area contributed by atoms with Gasteiger partial charge in [-0.1, -0.05) is 6.42 Å². The van der Waals surface area contributed by atoms with E-state index in [9.17, 15) is 0 Å². The van der Waals surface area contributed by atoms with Gasteiger partial charge in [0.15, 0.2) is 0 Å². The first-order chi connectivity index (χ1) is 7.67. The van der Waals surface area contributed by atoms with Gasteiger partial charge in [0, 0.05) is 5.38 Å². The van der Waals surface area contributed by atoms with Crippen molar-refractivity contribution >= 4 is 23.5 Å². The van der Waals surface area contributed by atoms with Gasteiger partial charge in [0.1, 0.15) is 0 Å². The minimum Gasteiger partial charge on any atom is -0.668 e. The van der Waals surface area contributed by atoms with E-state index in [1.54, 1.807) is 40.1 Å². The Morgan fingerprint density at radius 2 is 1.50 bits per heavy atom. The summed E-state index contributed by atoms with van der Waals surface area (Å²) in [7, 11) is 8.84. The van der Waals surface area contributed by atoms with Gasteiger partial charge in [0.2, 0.25) is 0 Å². The maximum Gasteiger partial charge on any atom is 4.00 e. The molecule has 18 heavy (non-hydrogen) atoms. The molecule has 0 aromatic carbocycles. The molecule has 0 radical (unpaired) electrons. The third-order valence-electron chi connectivity index (χ3n) is 1.98. The topological polar surface area (TPSA) is 42.3 Å². The van der Waals surface area contributed by atoms with E-state index in [4.69, 9.17) is 11.6 Å². The molecule has 0 aromatic heterocycles. The van der Waals surface area contributed by atoms with Crippen LogP contribution in [0.4, 0.5) is 0 Å². The van der Waals surface area contributed by atoms with Crippen molar-refractivity contribution in [1.29, 1.82) is 0 Å². The van der Waals surface area contributed by atoms with Gasteiger partial charge in [-0.25, -0.2) is 0 Å². The molecule has 1 aliphatic carbocycles. The fourth-order valence-corrected chi connectivity index (χ4v) is 2.56. The van der Waals surface area contributed by atoms with E-state index in [1.807, 2.05) is 7.05 Å². The molecule has 1 rings (SSSR count). The fourth-order valence-electron chi connectivity index (χ4n) is 1.35. The summed E-state index contributed by atoms with van der Waals surface area (Å²) < 4.78 is 3.99. The summed E-state index contributed by atoms with van der Waals surface area (Å²) in [5.41, 5.74) is 0. The first-order valence-corrected chi connectivity index (χ1v) is 6.86. The van der Waals surface area contributed by atoms with Crippen LogP contribution in [0.5, 0.6) is 0 Å². The van der Waals surface area contributed by atoms with Crippen molar-refractivity contribution < 1.29 is 25.8 Å². The third-order valence-corrected chi connectivity index (χ3v) is 3.39. The minimum atomic E-state index is 0. The van der Waals surface area contributed by atoms with E-state index < -0.39 is 0 Å². The molecule has 0 aliphatic heterocycles. The van der Waals surface area contributed by atoms with Gasteiger partial charge in [-0.3, -0.25) is 11.9 Å².